The molecule has 0 radical (unpaired) electrons. The first-order valence-electron chi connectivity index (χ1n) is 6.15. The first-order chi connectivity index (χ1) is 6.15. The molecule has 3 unspecified atom stereocenters. The molecule has 0 aromatic rings. The van der Waals surface area contributed by atoms with Gasteiger partial charge in [-0.1, -0.05) is 53.4 Å². The average Bonchev–Trinajstić information content (AvgIpc) is 2.27. The molecule has 0 nitrogen and oxygen atoms in total. The molecule has 0 amide bonds. The van der Waals surface area contributed by atoms with Crippen LogP contribution in [-0.2, 0) is 0 Å². The summed E-state index contributed by atoms with van der Waals surface area (Å²) < 4.78 is 0. The van der Waals surface area contributed by atoms with Crippen LogP contribution >= 0.6 is 0 Å². The topological polar surface area (TPSA) is 0 Å². The Balaban J connectivity index is 2.49. The summed E-state index contributed by atoms with van der Waals surface area (Å²) in [5, 5.41) is 0. The van der Waals surface area contributed by atoms with Gasteiger partial charge >= 0.3 is 0 Å². The molecule has 78 valence electrons. The highest BCUT2D eigenvalue weighted by atomic mass is 14.3. The van der Waals surface area contributed by atoms with Crippen LogP contribution in [0.1, 0.15) is 59.8 Å². The van der Waals surface area contributed by atoms with Gasteiger partial charge in [-0.15, -0.1) is 0 Å². The van der Waals surface area contributed by atoms with Crippen molar-refractivity contribution < 1.29 is 0 Å². The normalized spacial score (nSPS) is 36.2. The van der Waals surface area contributed by atoms with E-state index in [1.165, 1.54) is 32.1 Å². The summed E-state index contributed by atoms with van der Waals surface area (Å²) in [6.45, 7) is 9.61. The highest BCUT2D eigenvalue weighted by molar-refractivity contribution is 4.76. The van der Waals surface area contributed by atoms with Crippen LogP contribution in [0.4, 0.5) is 0 Å². The number of rotatable bonds is 2. The molecule has 0 bridgehead atoms. The minimum Gasteiger partial charge on any atom is -0.0651 e. The van der Waals surface area contributed by atoms with E-state index in [2.05, 4.69) is 27.7 Å². The van der Waals surface area contributed by atoms with Crippen LogP contribution in [0.15, 0.2) is 0 Å². The minimum absolute atomic E-state index is 0.894. The molecule has 1 aliphatic carbocycles. The fourth-order valence-electron chi connectivity index (χ4n) is 2.97. The maximum absolute atomic E-state index is 2.46. The molecular formula is C13H26. The van der Waals surface area contributed by atoms with Crippen molar-refractivity contribution in [1.29, 1.82) is 0 Å². The summed E-state index contributed by atoms with van der Waals surface area (Å²) in [5.41, 5.74) is 0. The Kier molecular flexibility index (Phi) is 4.28. The third-order valence-electron chi connectivity index (χ3n) is 4.10. The Morgan fingerprint density at radius 2 is 1.69 bits per heavy atom. The lowest BCUT2D eigenvalue weighted by atomic mass is 9.81. The molecule has 1 saturated carbocycles. The zero-order valence-electron chi connectivity index (χ0n) is 9.84. The van der Waals surface area contributed by atoms with Crippen LogP contribution in [0.25, 0.3) is 0 Å². The fraction of sp³-hybridized carbons (Fsp3) is 1.00. The molecule has 0 N–H and O–H groups in total. The van der Waals surface area contributed by atoms with Crippen molar-refractivity contribution in [2.75, 3.05) is 0 Å². The second-order valence-corrected chi connectivity index (χ2v) is 5.31. The fourth-order valence-corrected chi connectivity index (χ4v) is 2.97. The predicted molar refractivity (Wildman–Crippen MR) is 59.7 cm³/mol. The van der Waals surface area contributed by atoms with E-state index in [4.69, 9.17) is 0 Å². The zero-order chi connectivity index (χ0) is 9.84. The van der Waals surface area contributed by atoms with E-state index in [9.17, 15) is 0 Å². The molecule has 0 heterocycles. The molecule has 3 atom stereocenters. The van der Waals surface area contributed by atoms with Crippen LogP contribution < -0.4 is 0 Å². The van der Waals surface area contributed by atoms with Crippen molar-refractivity contribution in [3.8, 4) is 0 Å². The van der Waals surface area contributed by atoms with Crippen LogP contribution in [0.3, 0.4) is 0 Å². The predicted octanol–water partition coefficient (Wildman–Crippen LogP) is 4.49. The Morgan fingerprint density at radius 1 is 1.08 bits per heavy atom. The summed E-state index contributed by atoms with van der Waals surface area (Å²) in [7, 11) is 0. The van der Waals surface area contributed by atoms with E-state index in [1.54, 1.807) is 0 Å². The Morgan fingerprint density at radius 3 is 2.23 bits per heavy atom. The number of hydrogen-bond donors (Lipinski definition) is 0. The van der Waals surface area contributed by atoms with Gasteiger partial charge in [-0.25, -0.2) is 0 Å². The van der Waals surface area contributed by atoms with E-state index in [-0.39, 0.29) is 0 Å². The summed E-state index contributed by atoms with van der Waals surface area (Å²) in [6, 6.07) is 0. The van der Waals surface area contributed by atoms with E-state index in [0.29, 0.717) is 0 Å². The molecule has 0 aromatic carbocycles. The van der Waals surface area contributed by atoms with E-state index in [0.717, 1.165) is 23.7 Å². The van der Waals surface area contributed by atoms with E-state index in [1.807, 2.05) is 0 Å². The quantitative estimate of drug-likeness (QED) is 0.552. The lowest BCUT2D eigenvalue weighted by Gasteiger charge is -2.24. The van der Waals surface area contributed by atoms with E-state index < -0.39 is 0 Å². The molecule has 1 aliphatic rings. The van der Waals surface area contributed by atoms with Gasteiger partial charge in [0, 0.05) is 0 Å². The second kappa shape index (κ2) is 5.02. The van der Waals surface area contributed by atoms with Crippen molar-refractivity contribution in [2.45, 2.75) is 59.8 Å². The van der Waals surface area contributed by atoms with Crippen molar-refractivity contribution in [3.63, 3.8) is 0 Å². The summed E-state index contributed by atoms with van der Waals surface area (Å²) >= 11 is 0. The van der Waals surface area contributed by atoms with Gasteiger partial charge in [0.2, 0.25) is 0 Å². The lowest BCUT2D eigenvalue weighted by molar-refractivity contribution is 0.255. The molecular weight excluding hydrogens is 156 g/mol. The van der Waals surface area contributed by atoms with Crippen molar-refractivity contribution in [2.24, 2.45) is 23.7 Å². The Hall–Kier alpha value is 0. The second-order valence-electron chi connectivity index (χ2n) is 5.31. The highest BCUT2D eigenvalue weighted by Crippen LogP contribution is 2.36. The van der Waals surface area contributed by atoms with Crippen molar-refractivity contribution in [3.05, 3.63) is 0 Å². The third kappa shape index (κ3) is 3.00. The van der Waals surface area contributed by atoms with Gasteiger partial charge in [0.15, 0.2) is 0 Å². The highest BCUT2D eigenvalue weighted by Gasteiger charge is 2.25. The van der Waals surface area contributed by atoms with Crippen LogP contribution in [0, 0.1) is 23.7 Å². The average molecular weight is 182 g/mol. The van der Waals surface area contributed by atoms with Gasteiger partial charge in [-0.05, 0) is 30.1 Å². The van der Waals surface area contributed by atoms with Gasteiger partial charge in [-0.3, -0.25) is 0 Å². The molecule has 0 aliphatic heterocycles. The van der Waals surface area contributed by atoms with Gasteiger partial charge in [-0.2, -0.15) is 0 Å². The molecule has 0 heteroatoms. The standard InChI is InChI=1S/C13H26/c1-5-12-7-6-11(4)13(9-8-12)10(2)3/h10-13H,5-9H2,1-4H3. The van der Waals surface area contributed by atoms with E-state index >= 15 is 0 Å². The minimum atomic E-state index is 0.894. The smallest absolute Gasteiger partial charge is 0.0365 e. The van der Waals surface area contributed by atoms with Crippen LogP contribution in [0.5, 0.6) is 0 Å². The largest absolute Gasteiger partial charge is 0.0651 e. The molecule has 0 spiro atoms. The molecule has 1 rings (SSSR count). The SMILES string of the molecule is CCC1CCC(C)C(C(C)C)CC1. The van der Waals surface area contributed by atoms with Crippen molar-refractivity contribution >= 4 is 0 Å². The van der Waals surface area contributed by atoms with Gasteiger partial charge in [0.1, 0.15) is 0 Å². The summed E-state index contributed by atoms with van der Waals surface area (Å²) in [4.78, 5) is 0. The monoisotopic (exact) mass is 182 g/mol. The van der Waals surface area contributed by atoms with Gasteiger partial charge in [0.25, 0.3) is 0 Å². The number of hydrogen-bond acceptors (Lipinski definition) is 0. The third-order valence-corrected chi connectivity index (χ3v) is 4.10. The van der Waals surface area contributed by atoms with Crippen LogP contribution in [-0.4, -0.2) is 0 Å². The van der Waals surface area contributed by atoms with Crippen LogP contribution in [0.2, 0.25) is 0 Å². The summed E-state index contributed by atoms with van der Waals surface area (Å²) in [5.74, 6) is 3.89. The maximum Gasteiger partial charge on any atom is -0.0365 e. The molecule has 13 heavy (non-hydrogen) atoms. The first-order valence-corrected chi connectivity index (χ1v) is 6.15. The first kappa shape index (κ1) is 11.1. The zero-order valence-corrected chi connectivity index (χ0v) is 9.84. The molecule has 0 aromatic heterocycles. The lowest BCUT2D eigenvalue weighted by Crippen LogP contribution is -2.16. The van der Waals surface area contributed by atoms with Gasteiger partial charge < -0.3 is 0 Å². The van der Waals surface area contributed by atoms with Gasteiger partial charge in [0.05, 0.1) is 0 Å². The maximum atomic E-state index is 2.46. The Labute approximate surface area is 84.1 Å². The summed E-state index contributed by atoms with van der Waals surface area (Å²) in [6.07, 6.45) is 7.33. The molecule has 1 fully saturated rings. The Bertz CT molecular complexity index is 137. The van der Waals surface area contributed by atoms with Crippen molar-refractivity contribution in [1.82, 2.24) is 0 Å². The molecule has 0 saturated heterocycles.